The van der Waals surface area contributed by atoms with Crippen LogP contribution in [-0.2, 0) is 4.79 Å². The van der Waals surface area contributed by atoms with Gasteiger partial charge in [0.1, 0.15) is 12.3 Å². The van der Waals surface area contributed by atoms with Crippen molar-refractivity contribution in [2.75, 3.05) is 0 Å². The maximum absolute atomic E-state index is 12.4. The quantitative estimate of drug-likeness (QED) is 0.543. The smallest absolute Gasteiger partial charge is 0.263 e. The van der Waals surface area contributed by atoms with Crippen LogP contribution in [0.25, 0.3) is 0 Å². The van der Waals surface area contributed by atoms with Crippen LogP contribution in [0.4, 0.5) is 0 Å². The SMILES string of the molecule is O=C1NC(O)CCC1N1C(=O)c2cccc(I)c2C1=O. The van der Waals surface area contributed by atoms with E-state index in [9.17, 15) is 19.5 Å². The molecule has 3 amide bonds. The highest BCUT2D eigenvalue weighted by Gasteiger charge is 2.45. The van der Waals surface area contributed by atoms with Gasteiger partial charge in [0.15, 0.2) is 0 Å². The fourth-order valence-corrected chi connectivity index (χ4v) is 3.30. The lowest BCUT2D eigenvalue weighted by molar-refractivity contribution is -0.131. The molecule has 0 saturated carbocycles. The van der Waals surface area contributed by atoms with Crippen molar-refractivity contribution in [3.63, 3.8) is 0 Å². The van der Waals surface area contributed by atoms with E-state index in [1.165, 1.54) is 0 Å². The summed E-state index contributed by atoms with van der Waals surface area (Å²) < 4.78 is 0.692. The van der Waals surface area contributed by atoms with Gasteiger partial charge in [-0.05, 0) is 47.6 Å². The molecule has 2 N–H and O–H groups in total. The van der Waals surface area contributed by atoms with E-state index < -0.39 is 30.0 Å². The first-order valence-corrected chi connectivity index (χ1v) is 7.23. The second-order valence-electron chi connectivity index (χ2n) is 4.76. The Hall–Kier alpha value is -1.48. The molecular formula is C13H11IN2O4. The largest absolute Gasteiger partial charge is 0.374 e. The van der Waals surface area contributed by atoms with Gasteiger partial charge in [-0.3, -0.25) is 19.3 Å². The second kappa shape index (κ2) is 4.81. The molecule has 0 aliphatic carbocycles. The number of piperidine rings is 1. The monoisotopic (exact) mass is 386 g/mol. The third-order valence-corrected chi connectivity index (χ3v) is 4.43. The molecule has 20 heavy (non-hydrogen) atoms. The standard InChI is InChI=1S/C13H11IN2O4/c14-7-3-1-2-6-10(7)13(20)16(12(6)19)8-4-5-9(17)15-11(8)18/h1-3,8-9,17H,4-5H2,(H,15,18). The third-order valence-electron chi connectivity index (χ3n) is 3.53. The summed E-state index contributed by atoms with van der Waals surface area (Å²) >= 11 is 2.00. The van der Waals surface area contributed by atoms with Crippen LogP contribution >= 0.6 is 22.6 Å². The number of imide groups is 1. The molecule has 2 aliphatic heterocycles. The number of amides is 3. The Morgan fingerprint density at radius 3 is 2.60 bits per heavy atom. The summed E-state index contributed by atoms with van der Waals surface area (Å²) in [7, 11) is 0. The van der Waals surface area contributed by atoms with Gasteiger partial charge < -0.3 is 10.4 Å². The number of nitrogens with one attached hydrogen (secondary N) is 1. The number of fused-ring (bicyclic) bond motifs is 1. The lowest BCUT2D eigenvalue weighted by Gasteiger charge is -2.31. The van der Waals surface area contributed by atoms with E-state index in [4.69, 9.17) is 0 Å². The van der Waals surface area contributed by atoms with E-state index in [1.807, 2.05) is 22.6 Å². The van der Waals surface area contributed by atoms with E-state index in [2.05, 4.69) is 5.32 Å². The minimum Gasteiger partial charge on any atom is -0.374 e. The van der Waals surface area contributed by atoms with Gasteiger partial charge in [-0.2, -0.15) is 0 Å². The third kappa shape index (κ3) is 1.92. The molecule has 2 heterocycles. The summed E-state index contributed by atoms with van der Waals surface area (Å²) in [4.78, 5) is 37.7. The number of benzene rings is 1. The normalized spacial score (nSPS) is 25.7. The number of aliphatic hydroxyl groups excluding tert-OH is 1. The maximum Gasteiger partial charge on any atom is 0.263 e. The molecule has 1 fully saturated rings. The summed E-state index contributed by atoms with van der Waals surface area (Å²) in [6, 6.07) is 4.20. The molecule has 1 saturated heterocycles. The van der Waals surface area contributed by atoms with E-state index in [0.717, 1.165) is 4.90 Å². The number of hydrogen-bond donors (Lipinski definition) is 2. The zero-order valence-corrected chi connectivity index (χ0v) is 12.5. The molecule has 3 rings (SSSR count). The van der Waals surface area contributed by atoms with E-state index >= 15 is 0 Å². The van der Waals surface area contributed by atoms with Crippen molar-refractivity contribution in [1.29, 1.82) is 0 Å². The van der Waals surface area contributed by atoms with Crippen molar-refractivity contribution in [2.45, 2.75) is 25.1 Å². The molecule has 104 valence electrons. The van der Waals surface area contributed by atoms with Gasteiger partial charge in [0.05, 0.1) is 11.1 Å². The summed E-state index contributed by atoms with van der Waals surface area (Å²) in [6.45, 7) is 0. The van der Waals surface area contributed by atoms with Crippen molar-refractivity contribution in [2.24, 2.45) is 0 Å². The van der Waals surface area contributed by atoms with Gasteiger partial charge in [-0.25, -0.2) is 0 Å². The van der Waals surface area contributed by atoms with Crippen LogP contribution < -0.4 is 5.32 Å². The van der Waals surface area contributed by atoms with Crippen LogP contribution in [0.3, 0.4) is 0 Å². The Morgan fingerprint density at radius 1 is 1.20 bits per heavy atom. The lowest BCUT2D eigenvalue weighted by Crippen LogP contribution is -2.55. The Morgan fingerprint density at radius 2 is 1.95 bits per heavy atom. The molecule has 0 spiro atoms. The number of hydrogen-bond acceptors (Lipinski definition) is 4. The van der Waals surface area contributed by atoms with Crippen LogP contribution in [0.2, 0.25) is 0 Å². The number of nitrogens with zero attached hydrogens (tertiary/aromatic N) is 1. The molecule has 2 unspecified atom stereocenters. The first-order chi connectivity index (χ1) is 9.50. The van der Waals surface area contributed by atoms with Crippen LogP contribution in [0.5, 0.6) is 0 Å². The van der Waals surface area contributed by atoms with Gasteiger partial charge in [0, 0.05) is 3.57 Å². The number of carbonyl (C=O) groups excluding carboxylic acids is 3. The van der Waals surface area contributed by atoms with Crippen LogP contribution in [0.15, 0.2) is 18.2 Å². The highest BCUT2D eigenvalue weighted by molar-refractivity contribution is 14.1. The highest BCUT2D eigenvalue weighted by Crippen LogP contribution is 2.30. The molecular weight excluding hydrogens is 375 g/mol. The number of rotatable bonds is 1. The van der Waals surface area contributed by atoms with Gasteiger partial charge in [-0.15, -0.1) is 0 Å². The van der Waals surface area contributed by atoms with Crippen LogP contribution in [-0.4, -0.2) is 40.0 Å². The van der Waals surface area contributed by atoms with Crippen molar-refractivity contribution < 1.29 is 19.5 Å². The van der Waals surface area contributed by atoms with Gasteiger partial charge in [-0.1, -0.05) is 6.07 Å². The molecule has 1 aromatic rings. The Kier molecular flexibility index (Phi) is 3.25. The topological polar surface area (TPSA) is 86.7 Å². The molecule has 0 radical (unpaired) electrons. The van der Waals surface area contributed by atoms with E-state index in [-0.39, 0.29) is 6.42 Å². The molecule has 2 atom stereocenters. The molecule has 1 aromatic carbocycles. The zero-order valence-electron chi connectivity index (χ0n) is 10.3. The predicted octanol–water partition coefficient (Wildman–Crippen LogP) is 0.484. The average molecular weight is 386 g/mol. The van der Waals surface area contributed by atoms with Crippen molar-refractivity contribution >= 4 is 40.3 Å². The fraction of sp³-hybridized carbons (Fsp3) is 0.308. The number of carbonyl (C=O) groups is 3. The maximum atomic E-state index is 12.4. The number of aliphatic hydroxyl groups is 1. The van der Waals surface area contributed by atoms with E-state index in [1.54, 1.807) is 18.2 Å². The zero-order chi connectivity index (χ0) is 14.4. The minimum atomic E-state index is -0.908. The van der Waals surface area contributed by atoms with Crippen LogP contribution in [0, 0.1) is 3.57 Å². The number of halogens is 1. The van der Waals surface area contributed by atoms with Crippen LogP contribution in [0.1, 0.15) is 33.6 Å². The van der Waals surface area contributed by atoms with Gasteiger partial charge in [0.2, 0.25) is 5.91 Å². The minimum absolute atomic E-state index is 0.273. The summed E-state index contributed by atoms with van der Waals surface area (Å²) in [5.41, 5.74) is 0.692. The Labute approximate surface area is 128 Å². The van der Waals surface area contributed by atoms with Gasteiger partial charge >= 0.3 is 0 Å². The first kappa shape index (κ1) is 13.5. The first-order valence-electron chi connectivity index (χ1n) is 6.15. The molecule has 2 aliphatic rings. The second-order valence-corrected chi connectivity index (χ2v) is 5.92. The Bertz CT molecular complexity index is 631. The Balaban J connectivity index is 1.98. The predicted molar refractivity (Wildman–Crippen MR) is 76.8 cm³/mol. The van der Waals surface area contributed by atoms with E-state index in [0.29, 0.717) is 21.1 Å². The summed E-state index contributed by atoms with van der Waals surface area (Å²) in [5, 5.41) is 11.7. The van der Waals surface area contributed by atoms with Crippen molar-refractivity contribution in [1.82, 2.24) is 10.2 Å². The summed E-state index contributed by atoms with van der Waals surface area (Å²) in [6.07, 6.45) is -0.315. The highest BCUT2D eigenvalue weighted by atomic mass is 127. The summed E-state index contributed by atoms with van der Waals surface area (Å²) in [5.74, 6) is -1.38. The van der Waals surface area contributed by atoms with Crippen molar-refractivity contribution in [3.8, 4) is 0 Å². The van der Waals surface area contributed by atoms with Crippen molar-refractivity contribution in [3.05, 3.63) is 32.9 Å². The molecule has 0 bridgehead atoms. The van der Waals surface area contributed by atoms with Gasteiger partial charge in [0.25, 0.3) is 11.8 Å². The fourth-order valence-electron chi connectivity index (χ4n) is 2.57. The molecule has 0 aromatic heterocycles. The molecule has 7 heteroatoms. The lowest BCUT2D eigenvalue weighted by atomic mass is 10.0. The molecule has 6 nitrogen and oxygen atoms in total. The average Bonchev–Trinajstić information content (AvgIpc) is 2.64.